The predicted octanol–water partition coefficient (Wildman–Crippen LogP) is 5.64. The summed E-state index contributed by atoms with van der Waals surface area (Å²) in [6.45, 7) is 10.0. The molecule has 0 N–H and O–H groups in total. The maximum Gasteiger partial charge on any atom is 0.344 e. The summed E-state index contributed by atoms with van der Waals surface area (Å²) in [5.74, 6) is 0.364. The summed E-state index contributed by atoms with van der Waals surface area (Å²) < 4.78 is 11.1. The van der Waals surface area contributed by atoms with Crippen LogP contribution in [-0.4, -0.2) is 60.2 Å². The zero-order chi connectivity index (χ0) is 24.7. The second-order valence-electron chi connectivity index (χ2n) is 11.0. The Kier molecular flexibility index (Phi) is 8.85. The van der Waals surface area contributed by atoms with Crippen LogP contribution in [0.2, 0.25) is 0 Å². The van der Waals surface area contributed by atoms with E-state index >= 15 is 0 Å². The van der Waals surface area contributed by atoms with E-state index in [1.807, 2.05) is 32.9 Å². The Bertz CT molecular complexity index is 926. The van der Waals surface area contributed by atoms with Crippen molar-refractivity contribution < 1.29 is 14.3 Å². The molecule has 1 heterocycles. The molecule has 0 aromatic heterocycles. The molecule has 4 rings (SSSR count). The van der Waals surface area contributed by atoms with Gasteiger partial charge in [0.05, 0.1) is 0 Å². The molecule has 2 fully saturated rings. The van der Waals surface area contributed by atoms with E-state index in [-0.39, 0.29) is 12.6 Å². The molecule has 1 unspecified atom stereocenters. The molecule has 5 heteroatoms. The fourth-order valence-corrected chi connectivity index (χ4v) is 5.49. The fraction of sp³-hybridized carbons (Fsp3) is 0.567. The maximum atomic E-state index is 12.1. The van der Waals surface area contributed by atoms with Gasteiger partial charge in [0.25, 0.3) is 0 Å². The van der Waals surface area contributed by atoms with Gasteiger partial charge in [-0.3, -0.25) is 9.80 Å². The molecule has 1 saturated carbocycles. The highest BCUT2D eigenvalue weighted by atomic mass is 16.6. The normalized spacial score (nSPS) is 19.3. The minimum Gasteiger partial charge on any atom is -0.482 e. The molecule has 2 aliphatic rings. The van der Waals surface area contributed by atoms with Gasteiger partial charge in [0.1, 0.15) is 11.4 Å². The average Bonchev–Trinajstić information content (AvgIpc) is 2.87. The van der Waals surface area contributed by atoms with Crippen molar-refractivity contribution in [2.24, 2.45) is 0 Å². The van der Waals surface area contributed by atoms with E-state index < -0.39 is 5.60 Å². The van der Waals surface area contributed by atoms with Gasteiger partial charge in [-0.05, 0) is 63.3 Å². The molecule has 1 aliphatic carbocycles. The van der Waals surface area contributed by atoms with Gasteiger partial charge in [-0.15, -0.1) is 0 Å². The first kappa shape index (κ1) is 25.7. The number of hydrogen-bond donors (Lipinski definition) is 0. The highest BCUT2D eigenvalue weighted by molar-refractivity contribution is 5.71. The van der Waals surface area contributed by atoms with Crippen molar-refractivity contribution in [1.82, 2.24) is 9.80 Å². The van der Waals surface area contributed by atoms with Crippen molar-refractivity contribution in [1.29, 1.82) is 0 Å². The first-order valence-corrected chi connectivity index (χ1v) is 13.3. The summed E-state index contributed by atoms with van der Waals surface area (Å²) in [5, 5.41) is 0. The van der Waals surface area contributed by atoms with Crippen molar-refractivity contribution in [3.63, 3.8) is 0 Å². The highest BCUT2D eigenvalue weighted by Crippen LogP contribution is 2.30. The zero-order valence-corrected chi connectivity index (χ0v) is 21.7. The summed E-state index contributed by atoms with van der Waals surface area (Å²) in [6, 6.07) is 20.1. The molecule has 0 amide bonds. The lowest BCUT2D eigenvalue weighted by Gasteiger charge is -2.43. The van der Waals surface area contributed by atoms with Crippen molar-refractivity contribution in [2.75, 3.05) is 32.8 Å². The smallest absolute Gasteiger partial charge is 0.344 e. The molecule has 35 heavy (non-hydrogen) atoms. The molecule has 2 aromatic carbocycles. The van der Waals surface area contributed by atoms with Crippen LogP contribution in [0.25, 0.3) is 0 Å². The largest absolute Gasteiger partial charge is 0.482 e. The monoisotopic (exact) mass is 478 g/mol. The Hall–Kier alpha value is -2.37. The number of piperazine rings is 1. The van der Waals surface area contributed by atoms with Crippen LogP contribution in [0.3, 0.4) is 0 Å². The summed E-state index contributed by atoms with van der Waals surface area (Å²) in [6.07, 6.45) is 7.86. The van der Waals surface area contributed by atoms with Crippen molar-refractivity contribution >= 4 is 5.97 Å². The predicted molar refractivity (Wildman–Crippen MR) is 141 cm³/mol. The Morgan fingerprint density at radius 3 is 2.34 bits per heavy atom. The van der Waals surface area contributed by atoms with Gasteiger partial charge < -0.3 is 9.47 Å². The van der Waals surface area contributed by atoms with E-state index in [9.17, 15) is 4.79 Å². The van der Waals surface area contributed by atoms with Gasteiger partial charge in [0.15, 0.2) is 6.61 Å². The van der Waals surface area contributed by atoms with Crippen LogP contribution >= 0.6 is 0 Å². The van der Waals surface area contributed by atoms with Crippen molar-refractivity contribution in [3.05, 3.63) is 65.7 Å². The third-order valence-corrected chi connectivity index (χ3v) is 7.17. The lowest BCUT2D eigenvalue weighted by atomic mass is 9.93. The summed E-state index contributed by atoms with van der Waals surface area (Å²) in [7, 11) is 0. The molecule has 0 bridgehead atoms. The molecule has 190 valence electrons. The number of carbonyl (C=O) groups excluding carboxylic acids is 1. The second-order valence-corrected chi connectivity index (χ2v) is 11.0. The van der Waals surface area contributed by atoms with Crippen LogP contribution in [0.4, 0.5) is 0 Å². The van der Waals surface area contributed by atoms with E-state index in [0.717, 1.165) is 38.6 Å². The lowest BCUT2D eigenvalue weighted by molar-refractivity contribution is -0.157. The zero-order valence-electron chi connectivity index (χ0n) is 21.7. The SMILES string of the molecule is CC(C)(C)OC(=O)COc1cccc(CC(c2ccccc2)N2CCN(C3CCCCC3)CC2)c1. The molecule has 5 nitrogen and oxygen atoms in total. The van der Waals surface area contributed by atoms with E-state index in [1.54, 1.807) is 0 Å². The van der Waals surface area contributed by atoms with Gasteiger partial charge in [-0.2, -0.15) is 0 Å². The highest BCUT2D eigenvalue weighted by Gasteiger charge is 2.29. The standard InChI is InChI=1S/C30H42N2O3/c1-30(2,3)35-29(33)23-34-27-16-10-11-24(21-27)22-28(25-12-6-4-7-13-25)32-19-17-31(18-20-32)26-14-8-5-9-15-26/h4,6-7,10-13,16,21,26,28H,5,8-9,14-15,17-20,22-23H2,1-3H3. The first-order valence-electron chi connectivity index (χ1n) is 13.3. The number of rotatable bonds is 8. The second kappa shape index (κ2) is 12.0. The van der Waals surface area contributed by atoms with E-state index in [1.165, 1.54) is 43.2 Å². The third kappa shape index (κ3) is 7.81. The minimum atomic E-state index is -0.508. The number of nitrogens with zero attached hydrogens (tertiary/aromatic N) is 2. The third-order valence-electron chi connectivity index (χ3n) is 7.17. The van der Waals surface area contributed by atoms with Crippen molar-refractivity contribution in [3.8, 4) is 5.75 Å². The van der Waals surface area contributed by atoms with Crippen LogP contribution in [0.5, 0.6) is 5.75 Å². The molecular formula is C30H42N2O3. The van der Waals surface area contributed by atoms with Gasteiger partial charge >= 0.3 is 5.97 Å². The molecule has 0 spiro atoms. The Morgan fingerprint density at radius 1 is 0.943 bits per heavy atom. The summed E-state index contributed by atoms with van der Waals surface area (Å²) in [5.41, 5.74) is 2.07. The van der Waals surface area contributed by atoms with Gasteiger partial charge in [0.2, 0.25) is 0 Å². The number of ether oxygens (including phenoxy) is 2. The van der Waals surface area contributed by atoms with Gasteiger partial charge in [-0.25, -0.2) is 4.79 Å². The Balaban J connectivity index is 1.40. The molecule has 2 aromatic rings. The van der Waals surface area contributed by atoms with Crippen LogP contribution in [0.15, 0.2) is 54.6 Å². The molecule has 1 aliphatic heterocycles. The fourth-order valence-electron chi connectivity index (χ4n) is 5.49. The number of carbonyl (C=O) groups is 1. The maximum absolute atomic E-state index is 12.1. The van der Waals surface area contributed by atoms with Crippen LogP contribution < -0.4 is 4.74 Å². The van der Waals surface area contributed by atoms with E-state index in [2.05, 4.69) is 52.3 Å². The quantitative estimate of drug-likeness (QED) is 0.459. The van der Waals surface area contributed by atoms with Crippen LogP contribution in [0, 0.1) is 0 Å². The topological polar surface area (TPSA) is 42.0 Å². The Morgan fingerprint density at radius 2 is 1.66 bits per heavy atom. The van der Waals surface area contributed by atoms with E-state index in [0.29, 0.717) is 11.8 Å². The first-order chi connectivity index (χ1) is 16.9. The van der Waals surface area contributed by atoms with Crippen molar-refractivity contribution in [2.45, 2.75) is 77.0 Å². The van der Waals surface area contributed by atoms with Gasteiger partial charge in [0, 0.05) is 38.3 Å². The van der Waals surface area contributed by atoms with Crippen LogP contribution in [-0.2, 0) is 16.0 Å². The molecule has 1 saturated heterocycles. The number of benzene rings is 2. The number of esters is 1. The molecule has 1 atom stereocenters. The molecule has 0 radical (unpaired) electrons. The van der Waals surface area contributed by atoms with Gasteiger partial charge in [-0.1, -0.05) is 61.7 Å². The van der Waals surface area contributed by atoms with E-state index in [4.69, 9.17) is 9.47 Å². The molecular weight excluding hydrogens is 436 g/mol. The summed E-state index contributed by atoms with van der Waals surface area (Å²) in [4.78, 5) is 17.5. The Labute approximate surface area is 211 Å². The lowest BCUT2D eigenvalue weighted by Crippen LogP contribution is -2.51. The van der Waals surface area contributed by atoms with Crippen LogP contribution in [0.1, 0.15) is 70.0 Å². The summed E-state index contributed by atoms with van der Waals surface area (Å²) >= 11 is 0. The minimum absolute atomic E-state index is 0.0774. The average molecular weight is 479 g/mol. The number of hydrogen-bond acceptors (Lipinski definition) is 5.